The molecule has 33 heavy (non-hydrogen) atoms. The summed E-state index contributed by atoms with van der Waals surface area (Å²) in [6, 6.07) is 0. The average molecular weight is 535 g/mol. The van der Waals surface area contributed by atoms with Crippen LogP contribution in [0.5, 0.6) is 0 Å². The fraction of sp³-hybridized carbons (Fsp3) is 0.583. The van der Waals surface area contributed by atoms with Gasteiger partial charge in [-0.05, 0) is 13.8 Å². The second-order valence-electron chi connectivity index (χ2n) is 7.11. The van der Waals surface area contributed by atoms with Crippen molar-refractivity contribution in [2.45, 2.75) is 44.0 Å². The third-order valence-electron chi connectivity index (χ3n) is 4.51. The Morgan fingerprint density at radius 3 is 2.39 bits per heavy atom. The number of nitrogens with two attached hydrogens (primary N) is 1. The molecule has 8 N–H and O–H groups in total. The Kier molecular flexibility index (Phi) is 6.92. The van der Waals surface area contributed by atoms with Gasteiger partial charge in [0.25, 0.3) is 0 Å². The highest BCUT2D eigenvalue weighted by molar-refractivity contribution is 7.66. The first-order valence-corrected chi connectivity index (χ1v) is 13.3. The standard InChI is InChI=1S/C12H20N5O13P3/c1-5(28-32(23,24)30-33(25,26)29-31(20,21)22)7-8(18)12(2,19)11(27-7)17-4-16-6-9(13)14-3-15-10(6)17/h3-5,7-8,11,18-19H,1-2H3,(H,23,24)(H,25,26)(H2,13,14,15)(H2,20,21,22)/t5-,7+,8+,11+,12+/m0/s1. The van der Waals surface area contributed by atoms with Crippen LogP contribution in [0.3, 0.4) is 0 Å². The summed E-state index contributed by atoms with van der Waals surface area (Å²) in [5.74, 6) is 0.0366. The molecule has 2 unspecified atom stereocenters. The van der Waals surface area contributed by atoms with Crippen LogP contribution in [0, 0.1) is 0 Å². The molecule has 7 atom stereocenters. The lowest BCUT2D eigenvalue weighted by molar-refractivity contribution is -0.0981. The van der Waals surface area contributed by atoms with Crippen molar-refractivity contribution in [3.63, 3.8) is 0 Å². The summed E-state index contributed by atoms with van der Waals surface area (Å²) in [7, 11) is -16.8. The molecule has 1 aliphatic heterocycles. The number of hydrogen-bond donors (Lipinski definition) is 7. The second-order valence-corrected chi connectivity index (χ2v) is 11.5. The van der Waals surface area contributed by atoms with E-state index in [0.29, 0.717) is 0 Å². The summed E-state index contributed by atoms with van der Waals surface area (Å²) in [5, 5.41) is 21.4. The van der Waals surface area contributed by atoms with Crippen molar-refractivity contribution in [1.29, 1.82) is 0 Å². The number of rotatable bonds is 8. The predicted molar refractivity (Wildman–Crippen MR) is 105 cm³/mol. The normalized spacial score (nSPS) is 30.7. The maximum absolute atomic E-state index is 12.1. The monoisotopic (exact) mass is 535 g/mol. The van der Waals surface area contributed by atoms with E-state index in [2.05, 4.69) is 28.1 Å². The number of phosphoric ester groups is 1. The number of nitrogen functional groups attached to an aromatic ring is 1. The highest BCUT2D eigenvalue weighted by Crippen LogP contribution is 2.66. The van der Waals surface area contributed by atoms with E-state index in [-0.39, 0.29) is 17.0 Å². The molecule has 18 nitrogen and oxygen atoms in total. The Bertz CT molecular complexity index is 1180. The van der Waals surface area contributed by atoms with Crippen molar-refractivity contribution in [2.75, 3.05) is 5.73 Å². The molecule has 0 radical (unpaired) electrons. The second kappa shape index (κ2) is 8.70. The minimum Gasteiger partial charge on any atom is -0.387 e. The van der Waals surface area contributed by atoms with E-state index in [0.717, 1.165) is 13.3 Å². The Labute approximate surface area is 184 Å². The number of ether oxygens (including phenoxy) is 1. The molecular formula is C12H20N5O13P3. The van der Waals surface area contributed by atoms with Gasteiger partial charge in [-0.1, -0.05) is 0 Å². The number of anilines is 1. The number of imidazole rings is 1. The van der Waals surface area contributed by atoms with Crippen LogP contribution >= 0.6 is 23.5 Å². The van der Waals surface area contributed by atoms with E-state index in [9.17, 15) is 33.7 Å². The van der Waals surface area contributed by atoms with Gasteiger partial charge in [-0.15, -0.1) is 0 Å². The van der Waals surface area contributed by atoms with Crippen molar-refractivity contribution in [1.82, 2.24) is 19.5 Å². The van der Waals surface area contributed by atoms with Gasteiger partial charge in [0.05, 0.1) is 12.4 Å². The maximum Gasteiger partial charge on any atom is 0.490 e. The van der Waals surface area contributed by atoms with Crippen LogP contribution in [0.2, 0.25) is 0 Å². The first kappa shape index (κ1) is 26.2. The largest absolute Gasteiger partial charge is 0.490 e. The molecule has 0 bridgehead atoms. The quantitative estimate of drug-likeness (QED) is 0.203. The van der Waals surface area contributed by atoms with Crippen molar-refractivity contribution in [3.8, 4) is 0 Å². The highest BCUT2D eigenvalue weighted by atomic mass is 31.3. The average Bonchev–Trinajstić information content (AvgIpc) is 3.11. The number of aromatic nitrogens is 4. The first-order valence-electron chi connectivity index (χ1n) is 8.74. The van der Waals surface area contributed by atoms with Gasteiger partial charge in [0.15, 0.2) is 17.7 Å². The van der Waals surface area contributed by atoms with Crippen LogP contribution in [0.25, 0.3) is 11.2 Å². The Balaban J connectivity index is 1.81. The van der Waals surface area contributed by atoms with E-state index >= 15 is 0 Å². The number of hydrogen-bond acceptors (Lipinski definition) is 13. The van der Waals surface area contributed by atoms with Gasteiger partial charge in [-0.25, -0.2) is 28.6 Å². The molecule has 0 amide bonds. The molecule has 1 fully saturated rings. The number of fused-ring (bicyclic) bond motifs is 1. The predicted octanol–water partition coefficient (Wildman–Crippen LogP) is -0.850. The van der Waals surface area contributed by atoms with Crippen molar-refractivity contribution in [3.05, 3.63) is 12.7 Å². The molecule has 21 heteroatoms. The van der Waals surface area contributed by atoms with Gasteiger partial charge in [0.1, 0.15) is 29.7 Å². The van der Waals surface area contributed by atoms with Gasteiger partial charge < -0.3 is 40.3 Å². The number of aliphatic hydroxyl groups excluding tert-OH is 1. The smallest absolute Gasteiger partial charge is 0.387 e. The summed E-state index contributed by atoms with van der Waals surface area (Å²) in [6.45, 7) is 2.28. The van der Waals surface area contributed by atoms with Crippen LogP contribution in [0.1, 0.15) is 20.1 Å². The lowest BCUT2D eigenvalue weighted by Crippen LogP contribution is -2.46. The molecule has 0 saturated carbocycles. The number of phosphoric acid groups is 3. The fourth-order valence-corrected chi connectivity index (χ4v) is 6.37. The molecule has 3 heterocycles. The molecule has 0 aromatic carbocycles. The van der Waals surface area contributed by atoms with Gasteiger partial charge in [-0.2, -0.15) is 8.62 Å². The lowest BCUT2D eigenvalue weighted by Gasteiger charge is -2.28. The van der Waals surface area contributed by atoms with Crippen LogP contribution in [0.15, 0.2) is 12.7 Å². The molecule has 1 aliphatic rings. The minimum absolute atomic E-state index is 0.0366. The summed E-state index contributed by atoms with van der Waals surface area (Å²) in [4.78, 5) is 47.9. The molecule has 186 valence electrons. The van der Waals surface area contributed by atoms with Crippen LogP contribution in [-0.4, -0.2) is 73.2 Å². The number of nitrogens with zero attached hydrogens (tertiary/aromatic N) is 4. The van der Waals surface area contributed by atoms with E-state index in [1.54, 1.807) is 0 Å². The van der Waals surface area contributed by atoms with Gasteiger partial charge in [0, 0.05) is 0 Å². The molecule has 0 spiro atoms. The van der Waals surface area contributed by atoms with Crippen molar-refractivity contribution >= 4 is 40.4 Å². The summed E-state index contributed by atoms with van der Waals surface area (Å²) < 4.78 is 53.1. The highest BCUT2D eigenvalue weighted by Gasteiger charge is 2.56. The van der Waals surface area contributed by atoms with Crippen molar-refractivity contribution in [2.24, 2.45) is 0 Å². The number of aliphatic hydroxyl groups is 2. The Hall–Kier alpha value is -1.36. The van der Waals surface area contributed by atoms with Gasteiger partial charge in [-0.3, -0.25) is 9.09 Å². The zero-order chi connectivity index (χ0) is 25.0. The fourth-order valence-electron chi connectivity index (χ4n) is 3.16. The van der Waals surface area contributed by atoms with Gasteiger partial charge in [0.2, 0.25) is 0 Å². The Morgan fingerprint density at radius 2 is 1.79 bits per heavy atom. The third kappa shape index (κ3) is 5.66. The first-order chi connectivity index (χ1) is 14.9. The topological polar surface area (TPSA) is 279 Å². The van der Waals surface area contributed by atoms with Crippen LogP contribution in [0.4, 0.5) is 5.82 Å². The molecule has 2 aromatic heterocycles. The summed E-state index contributed by atoms with van der Waals surface area (Å²) in [5.41, 5.74) is 4.00. The van der Waals surface area contributed by atoms with Crippen molar-refractivity contribution < 1.29 is 61.4 Å². The third-order valence-corrected chi connectivity index (χ3v) is 8.44. The zero-order valence-electron chi connectivity index (χ0n) is 16.7. The van der Waals surface area contributed by atoms with E-state index in [1.807, 2.05) is 0 Å². The van der Waals surface area contributed by atoms with E-state index in [4.69, 9.17) is 20.3 Å². The molecule has 3 rings (SSSR count). The van der Waals surface area contributed by atoms with Crippen LogP contribution in [-0.2, 0) is 31.6 Å². The SMILES string of the molecule is C[C@H](OP(=O)(O)OP(=O)(O)OP(=O)(O)O)[C@H]1O[C@@H](n2cnc3c(N)ncnc32)[C@](C)(O)[C@@H]1O. The van der Waals surface area contributed by atoms with Crippen LogP contribution < -0.4 is 5.73 Å². The molecule has 0 aliphatic carbocycles. The minimum atomic E-state index is -5.74. The Morgan fingerprint density at radius 1 is 1.15 bits per heavy atom. The summed E-state index contributed by atoms with van der Waals surface area (Å²) >= 11 is 0. The molecule has 1 saturated heterocycles. The maximum atomic E-state index is 12.1. The van der Waals surface area contributed by atoms with E-state index in [1.165, 1.54) is 17.8 Å². The molecule has 2 aromatic rings. The molecular weight excluding hydrogens is 515 g/mol. The lowest BCUT2D eigenvalue weighted by atomic mass is 9.94. The zero-order valence-corrected chi connectivity index (χ0v) is 19.4. The van der Waals surface area contributed by atoms with E-state index < -0.39 is 53.6 Å². The van der Waals surface area contributed by atoms with Gasteiger partial charge >= 0.3 is 23.5 Å². The summed E-state index contributed by atoms with van der Waals surface area (Å²) in [6.07, 6.45) is -3.88.